The number of nitrogens with two attached hydrogens (primary N) is 1. The van der Waals surface area contributed by atoms with Crippen LogP contribution in [-0.2, 0) is 4.79 Å². The molecule has 132 valence electrons. The first-order valence-electron chi connectivity index (χ1n) is 8.20. The zero-order chi connectivity index (χ0) is 18.0. The molecular formula is C19H22ClN3OS. The van der Waals surface area contributed by atoms with Gasteiger partial charge in [-0.25, -0.2) is 0 Å². The highest BCUT2D eigenvalue weighted by atomic mass is 35.5. The van der Waals surface area contributed by atoms with Crippen LogP contribution in [0, 0.1) is 0 Å². The van der Waals surface area contributed by atoms with Crippen LogP contribution < -0.4 is 10.6 Å². The Morgan fingerprint density at radius 2 is 1.96 bits per heavy atom. The van der Waals surface area contributed by atoms with Gasteiger partial charge >= 0.3 is 0 Å². The third kappa shape index (κ3) is 4.01. The van der Waals surface area contributed by atoms with Gasteiger partial charge in [0.25, 0.3) is 0 Å². The van der Waals surface area contributed by atoms with E-state index < -0.39 is 6.04 Å². The number of carbonyl (C=O) groups is 1. The second-order valence-electron chi connectivity index (χ2n) is 6.38. The van der Waals surface area contributed by atoms with Crippen LogP contribution >= 0.6 is 23.4 Å². The topological polar surface area (TPSA) is 49.6 Å². The van der Waals surface area contributed by atoms with Crippen molar-refractivity contribution < 1.29 is 4.79 Å². The molecule has 2 N–H and O–H groups in total. The van der Waals surface area contributed by atoms with Crippen LogP contribution in [0.5, 0.6) is 0 Å². The number of nitrogens with zero attached hydrogens (tertiary/aromatic N) is 2. The lowest BCUT2D eigenvalue weighted by Crippen LogP contribution is -2.47. The maximum absolute atomic E-state index is 13.1. The monoisotopic (exact) mass is 375 g/mol. The number of anilines is 1. The fourth-order valence-corrected chi connectivity index (χ4v) is 4.38. The summed E-state index contributed by atoms with van der Waals surface area (Å²) in [4.78, 5) is 18.1. The Hall–Kier alpha value is -1.53. The molecule has 3 rings (SSSR count). The summed E-state index contributed by atoms with van der Waals surface area (Å²) in [6.45, 7) is 1.39. The minimum Gasteiger partial charge on any atom is -0.319 e. The first-order valence-corrected chi connectivity index (χ1v) is 9.46. The number of benzene rings is 2. The number of para-hydroxylation sites is 1. The number of amides is 1. The molecule has 0 aromatic heterocycles. The van der Waals surface area contributed by atoms with E-state index in [-0.39, 0.29) is 11.2 Å². The number of hydrogen-bond acceptors (Lipinski definition) is 4. The van der Waals surface area contributed by atoms with Gasteiger partial charge in [0, 0.05) is 23.0 Å². The Labute approximate surface area is 157 Å². The second-order valence-corrected chi connectivity index (χ2v) is 8.00. The third-order valence-electron chi connectivity index (χ3n) is 4.24. The van der Waals surface area contributed by atoms with Crippen LogP contribution in [0.1, 0.15) is 10.8 Å². The van der Waals surface area contributed by atoms with E-state index >= 15 is 0 Å². The summed E-state index contributed by atoms with van der Waals surface area (Å²) in [6, 6.07) is 15.0. The van der Waals surface area contributed by atoms with E-state index in [1.807, 2.05) is 67.5 Å². The molecule has 0 bridgehead atoms. The van der Waals surface area contributed by atoms with E-state index in [0.717, 1.165) is 22.7 Å². The highest BCUT2D eigenvalue weighted by Crippen LogP contribution is 2.45. The highest BCUT2D eigenvalue weighted by molar-refractivity contribution is 7.99. The van der Waals surface area contributed by atoms with E-state index in [0.29, 0.717) is 11.6 Å². The molecule has 0 fully saturated rings. The molecule has 0 aliphatic carbocycles. The van der Waals surface area contributed by atoms with Crippen LogP contribution in [0.3, 0.4) is 0 Å². The summed E-state index contributed by atoms with van der Waals surface area (Å²) in [6.07, 6.45) is 0. The van der Waals surface area contributed by atoms with Gasteiger partial charge in [-0.3, -0.25) is 4.79 Å². The van der Waals surface area contributed by atoms with Gasteiger partial charge in [-0.05, 0) is 43.9 Å². The van der Waals surface area contributed by atoms with Crippen molar-refractivity contribution in [2.45, 2.75) is 16.2 Å². The van der Waals surface area contributed by atoms with Crippen LogP contribution in [0.25, 0.3) is 0 Å². The average molecular weight is 376 g/mol. The molecule has 0 radical (unpaired) electrons. The molecule has 6 heteroatoms. The van der Waals surface area contributed by atoms with Gasteiger partial charge in [0.05, 0.1) is 10.9 Å². The van der Waals surface area contributed by atoms with Crippen molar-refractivity contribution in [1.29, 1.82) is 0 Å². The Morgan fingerprint density at radius 1 is 1.20 bits per heavy atom. The minimum absolute atomic E-state index is 0.0516. The van der Waals surface area contributed by atoms with Crippen molar-refractivity contribution in [2.24, 2.45) is 5.73 Å². The highest BCUT2D eigenvalue weighted by Gasteiger charge is 2.36. The van der Waals surface area contributed by atoms with Gasteiger partial charge in [0.2, 0.25) is 5.91 Å². The van der Waals surface area contributed by atoms with Gasteiger partial charge in [-0.2, -0.15) is 0 Å². The second kappa shape index (κ2) is 7.79. The summed E-state index contributed by atoms with van der Waals surface area (Å²) in [5.41, 5.74) is 8.32. The Kier molecular flexibility index (Phi) is 5.69. The lowest BCUT2D eigenvalue weighted by Gasteiger charge is -2.27. The predicted octanol–water partition coefficient (Wildman–Crippen LogP) is 3.41. The van der Waals surface area contributed by atoms with Gasteiger partial charge in [0.15, 0.2) is 0 Å². The van der Waals surface area contributed by atoms with Crippen molar-refractivity contribution in [3.63, 3.8) is 0 Å². The largest absolute Gasteiger partial charge is 0.319 e. The third-order valence-corrected chi connectivity index (χ3v) is 5.89. The lowest BCUT2D eigenvalue weighted by atomic mass is 10.0. The van der Waals surface area contributed by atoms with Crippen molar-refractivity contribution in [2.75, 3.05) is 32.1 Å². The smallest absolute Gasteiger partial charge is 0.245 e. The van der Waals surface area contributed by atoms with Gasteiger partial charge in [0.1, 0.15) is 6.04 Å². The Balaban J connectivity index is 2.01. The van der Waals surface area contributed by atoms with Crippen LogP contribution in [-0.4, -0.2) is 44.0 Å². The maximum atomic E-state index is 13.1. The number of rotatable bonds is 4. The summed E-state index contributed by atoms with van der Waals surface area (Å²) in [5, 5.41) is 0.483. The molecule has 2 atom stereocenters. The molecule has 0 spiro atoms. The molecule has 1 heterocycles. The van der Waals surface area contributed by atoms with Crippen LogP contribution in [0.2, 0.25) is 5.02 Å². The predicted molar refractivity (Wildman–Crippen MR) is 105 cm³/mol. The van der Waals surface area contributed by atoms with E-state index in [2.05, 4.69) is 4.90 Å². The van der Waals surface area contributed by atoms with Crippen molar-refractivity contribution in [1.82, 2.24) is 4.90 Å². The molecule has 1 aliphatic heterocycles. The van der Waals surface area contributed by atoms with E-state index in [1.165, 1.54) is 0 Å². The number of carbonyl (C=O) groups excluding carboxylic acids is 1. The molecule has 2 unspecified atom stereocenters. The van der Waals surface area contributed by atoms with Crippen molar-refractivity contribution in [3.8, 4) is 0 Å². The molecule has 1 amide bonds. The van der Waals surface area contributed by atoms with Crippen molar-refractivity contribution >= 4 is 35.0 Å². The first kappa shape index (κ1) is 18.3. The summed E-state index contributed by atoms with van der Waals surface area (Å²) >= 11 is 7.78. The minimum atomic E-state index is -0.627. The summed E-state index contributed by atoms with van der Waals surface area (Å²) in [7, 11) is 4.00. The normalized spacial score (nSPS) is 20.5. The maximum Gasteiger partial charge on any atom is 0.245 e. The van der Waals surface area contributed by atoms with E-state index in [1.54, 1.807) is 11.8 Å². The lowest BCUT2D eigenvalue weighted by molar-refractivity contribution is -0.119. The average Bonchev–Trinajstić information content (AvgIpc) is 2.69. The van der Waals surface area contributed by atoms with Crippen LogP contribution in [0.15, 0.2) is 53.4 Å². The first-order chi connectivity index (χ1) is 12.0. The fourth-order valence-electron chi connectivity index (χ4n) is 2.91. The molecule has 2 aromatic rings. The molecular weight excluding hydrogens is 354 g/mol. The molecule has 0 saturated carbocycles. The van der Waals surface area contributed by atoms with Crippen molar-refractivity contribution in [3.05, 3.63) is 59.1 Å². The summed E-state index contributed by atoms with van der Waals surface area (Å²) in [5.74, 6) is -0.0516. The van der Waals surface area contributed by atoms with E-state index in [4.69, 9.17) is 17.3 Å². The molecule has 2 aromatic carbocycles. The zero-order valence-electron chi connectivity index (χ0n) is 14.4. The Morgan fingerprint density at radius 3 is 2.68 bits per heavy atom. The quantitative estimate of drug-likeness (QED) is 0.889. The van der Waals surface area contributed by atoms with Gasteiger partial charge < -0.3 is 15.5 Å². The SMILES string of the molecule is CN(C)CCN1C(=O)C(N)C(c2cccc(Cl)c2)Sc2ccccc21. The Bertz CT molecular complexity index is 768. The number of likely N-dealkylation sites (N-methyl/N-ethyl adjacent to an activating group) is 1. The molecule has 1 aliphatic rings. The zero-order valence-corrected chi connectivity index (χ0v) is 15.9. The van der Waals surface area contributed by atoms with Gasteiger partial charge in [-0.15, -0.1) is 11.8 Å². The standard InChI is InChI=1S/C19H22ClN3OS/c1-22(2)10-11-23-15-8-3-4-9-16(15)25-18(17(21)19(23)24)13-6-5-7-14(20)12-13/h3-9,12,17-18H,10-11,21H2,1-2H3. The molecule has 25 heavy (non-hydrogen) atoms. The summed E-state index contributed by atoms with van der Waals surface area (Å²) < 4.78 is 0. The fraction of sp³-hybridized carbons (Fsp3) is 0.316. The van der Waals surface area contributed by atoms with Crippen LogP contribution in [0.4, 0.5) is 5.69 Å². The van der Waals surface area contributed by atoms with Gasteiger partial charge in [-0.1, -0.05) is 35.9 Å². The number of halogens is 1. The number of fused-ring (bicyclic) bond motifs is 1. The van der Waals surface area contributed by atoms with E-state index in [9.17, 15) is 4.79 Å². The number of hydrogen-bond donors (Lipinski definition) is 1. The molecule has 4 nitrogen and oxygen atoms in total. The number of thioether (sulfide) groups is 1. The molecule has 0 saturated heterocycles.